The molecule has 0 atom stereocenters. The zero-order valence-electron chi connectivity index (χ0n) is 16.4. The van der Waals surface area contributed by atoms with Crippen molar-refractivity contribution < 1.29 is 23.5 Å². The summed E-state index contributed by atoms with van der Waals surface area (Å²) in [5.74, 6) is 0.735. The van der Waals surface area contributed by atoms with Gasteiger partial charge in [-0.1, -0.05) is 0 Å². The average molecular weight is 391 g/mol. The lowest BCUT2D eigenvalue weighted by molar-refractivity contribution is -0.131. The van der Waals surface area contributed by atoms with Crippen molar-refractivity contribution in [2.45, 2.75) is 32.2 Å². The number of hydrogen-bond donors (Lipinski definition) is 0. The number of esters is 1. The van der Waals surface area contributed by atoms with E-state index in [1.165, 1.54) is 6.92 Å². The highest BCUT2D eigenvalue weighted by Crippen LogP contribution is 2.40. The number of rotatable bonds is 4. The zero-order valence-corrected chi connectivity index (χ0v) is 16.4. The molecule has 0 N–H and O–H groups in total. The molecule has 6 heteroatoms. The number of benzene rings is 2. The molecule has 5 rings (SSSR count). The summed E-state index contributed by atoms with van der Waals surface area (Å²) in [6.07, 6.45) is 4.69. The van der Waals surface area contributed by atoms with Gasteiger partial charge in [-0.15, -0.1) is 0 Å². The minimum atomic E-state index is -0.375. The molecular formula is C23H21NO5. The number of fused-ring (bicyclic) bond motifs is 2. The highest BCUT2D eigenvalue weighted by molar-refractivity contribution is 6.02. The van der Waals surface area contributed by atoms with Crippen molar-refractivity contribution in [3.63, 3.8) is 0 Å². The first-order valence-corrected chi connectivity index (χ1v) is 9.77. The standard InChI is InChI=1S/C23H21NO5/c1-13(25)29-17-5-6-18-19(12-28-20(18)11-17)15-9-14-7-8-24(16-3-4-16)23(26)22(14)21(10-15)27-2/h5-6,9-12,16H,3-4,7-8H2,1-2H3. The summed E-state index contributed by atoms with van der Waals surface area (Å²) < 4.78 is 16.5. The second-order valence-corrected chi connectivity index (χ2v) is 7.59. The Balaban J connectivity index is 1.57. The van der Waals surface area contributed by atoms with Crippen LogP contribution in [0.4, 0.5) is 0 Å². The first kappa shape index (κ1) is 17.8. The van der Waals surface area contributed by atoms with E-state index in [-0.39, 0.29) is 11.9 Å². The normalized spacial score (nSPS) is 16.1. The third-order valence-corrected chi connectivity index (χ3v) is 5.61. The molecule has 2 aliphatic rings. The van der Waals surface area contributed by atoms with Gasteiger partial charge in [0.05, 0.1) is 18.9 Å². The van der Waals surface area contributed by atoms with Gasteiger partial charge in [0.1, 0.15) is 17.1 Å². The fourth-order valence-electron chi connectivity index (χ4n) is 4.11. The quantitative estimate of drug-likeness (QED) is 0.493. The number of hydrogen-bond acceptors (Lipinski definition) is 5. The predicted molar refractivity (Wildman–Crippen MR) is 107 cm³/mol. The monoisotopic (exact) mass is 391 g/mol. The maximum absolute atomic E-state index is 13.0. The Labute approximate surface area is 168 Å². The SMILES string of the molecule is COc1cc(-c2coc3cc(OC(C)=O)ccc23)cc2c1C(=O)N(C1CC1)CC2. The van der Waals surface area contributed by atoms with Crippen LogP contribution in [0.1, 0.15) is 35.7 Å². The molecule has 0 bridgehead atoms. The van der Waals surface area contributed by atoms with Crippen LogP contribution in [0.5, 0.6) is 11.5 Å². The van der Waals surface area contributed by atoms with Gasteiger partial charge < -0.3 is 18.8 Å². The molecular weight excluding hydrogens is 370 g/mol. The van der Waals surface area contributed by atoms with Crippen LogP contribution in [0.3, 0.4) is 0 Å². The second-order valence-electron chi connectivity index (χ2n) is 7.59. The zero-order chi connectivity index (χ0) is 20.1. The van der Waals surface area contributed by atoms with Crippen molar-refractivity contribution in [3.05, 3.63) is 47.7 Å². The fraction of sp³-hybridized carbons (Fsp3) is 0.304. The van der Waals surface area contributed by atoms with Crippen molar-refractivity contribution in [1.29, 1.82) is 0 Å². The van der Waals surface area contributed by atoms with Crippen molar-refractivity contribution in [3.8, 4) is 22.6 Å². The summed E-state index contributed by atoms with van der Waals surface area (Å²) in [7, 11) is 1.60. The molecule has 3 aromatic rings. The Hall–Kier alpha value is -3.28. The van der Waals surface area contributed by atoms with Gasteiger partial charge in [0.15, 0.2) is 0 Å². The minimum Gasteiger partial charge on any atom is -0.496 e. The molecule has 1 fully saturated rings. The Kier molecular flexibility index (Phi) is 4.08. The first-order valence-electron chi connectivity index (χ1n) is 9.77. The van der Waals surface area contributed by atoms with Crippen molar-refractivity contribution in [2.75, 3.05) is 13.7 Å². The Morgan fingerprint density at radius 3 is 2.76 bits per heavy atom. The maximum Gasteiger partial charge on any atom is 0.308 e. The lowest BCUT2D eigenvalue weighted by Gasteiger charge is -2.30. The molecule has 2 aromatic carbocycles. The van der Waals surface area contributed by atoms with E-state index in [2.05, 4.69) is 6.07 Å². The fourth-order valence-corrected chi connectivity index (χ4v) is 4.11. The van der Waals surface area contributed by atoms with Gasteiger partial charge >= 0.3 is 5.97 Å². The lowest BCUT2D eigenvalue weighted by Crippen LogP contribution is -2.39. The number of methoxy groups -OCH3 is 1. The van der Waals surface area contributed by atoms with Crippen LogP contribution in [0.25, 0.3) is 22.1 Å². The molecule has 1 saturated carbocycles. The van der Waals surface area contributed by atoms with E-state index >= 15 is 0 Å². The summed E-state index contributed by atoms with van der Waals surface area (Å²) >= 11 is 0. The van der Waals surface area contributed by atoms with Crippen LogP contribution in [-0.4, -0.2) is 36.5 Å². The molecule has 6 nitrogen and oxygen atoms in total. The Morgan fingerprint density at radius 1 is 1.21 bits per heavy atom. The molecule has 0 radical (unpaired) electrons. The van der Waals surface area contributed by atoms with Crippen LogP contribution < -0.4 is 9.47 Å². The summed E-state index contributed by atoms with van der Waals surface area (Å²) in [6, 6.07) is 9.67. The number of carbonyl (C=O) groups excluding carboxylic acids is 2. The van der Waals surface area contributed by atoms with Gasteiger partial charge in [0.25, 0.3) is 5.91 Å². The van der Waals surface area contributed by atoms with Gasteiger partial charge in [0.2, 0.25) is 0 Å². The Morgan fingerprint density at radius 2 is 2.03 bits per heavy atom. The van der Waals surface area contributed by atoms with E-state index in [4.69, 9.17) is 13.9 Å². The van der Waals surface area contributed by atoms with Crippen LogP contribution in [-0.2, 0) is 11.2 Å². The molecule has 1 aliphatic heterocycles. The molecule has 0 unspecified atom stereocenters. The molecule has 1 amide bonds. The molecule has 1 aliphatic carbocycles. The highest BCUT2D eigenvalue weighted by atomic mass is 16.5. The van der Waals surface area contributed by atoms with Crippen LogP contribution in [0, 0.1) is 0 Å². The molecule has 1 aromatic heterocycles. The first-order chi connectivity index (χ1) is 14.0. The summed E-state index contributed by atoms with van der Waals surface area (Å²) in [6.45, 7) is 2.11. The lowest BCUT2D eigenvalue weighted by atomic mass is 9.92. The summed E-state index contributed by atoms with van der Waals surface area (Å²) in [5.41, 5.74) is 4.16. The van der Waals surface area contributed by atoms with Gasteiger partial charge in [-0.05, 0) is 54.7 Å². The number of furan rings is 1. The van der Waals surface area contributed by atoms with Crippen molar-refractivity contribution in [1.82, 2.24) is 4.90 Å². The second kappa shape index (κ2) is 6.65. The summed E-state index contributed by atoms with van der Waals surface area (Å²) in [4.78, 5) is 26.2. The number of carbonyl (C=O) groups is 2. The smallest absolute Gasteiger partial charge is 0.308 e. The van der Waals surface area contributed by atoms with Crippen LogP contribution >= 0.6 is 0 Å². The maximum atomic E-state index is 13.0. The third kappa shape index (κ3) is 3.05. The van der Waals surface area contributed by atoms with Crippen LogP contribution in [0.15, 0.2) is 41.0 Å². The van der Waals surface area contributed by atoms with Crippen molar-refractivity contribution >= 4 is 22.8 Å². The van der Waals surface area contributed by atoms with E-state index in [1.54, 1.807) is 25.5 Å². The van der Waals surface area contributed by atoms with E-state index in [9.17, 15) is 9.59 Å². The topological polar surface area (TPSA) is 69.0 Å². The minimum absolute atomic E-state index is 0.0697. The van der Waals surface area contributed by atoms with E-state index in [1.807, 2.05) is 17.0 Å². The van der Waals surface area contributed by atoms with Crippen LogP contribution in [0.2, 0.25) is 0 Å². The third-order valence-electron chi connectivity index (χ3n) is 5.61. The molecule has 2 heterocycles. The van der Waals surface area contributed by atoms with Crippen molar-refractivity contribution in [2.24, 2.45) is 0 Å². The van der Waals surface area contributed by atoms with E-state index < -0.39 is 0 Å². The number of amides is 1. The molecule has 0 spiro atoms. The van der Waals surface area contributed by atoms with E-state index in [0.29, 0.717) is 28.7 Å². The highest BCUT2D eigenvalue weighted by Gasteiger charge is 2.37. The molecule has 29 heavy (non-hydrogen) atoms. The van der Waals surface area contributed by atoms with Gasteiger partial charge in [0, 0.05) is 36.5 Å². The average Bonchev–Trinajstić information content (AvgIpc) is 3.45. The number of ether oxygens (including phenoxy) is 2. The predicted octanol–water partition coefficient (Wildman–Crippen LogP) is 4.19. The number of nitrogens with zero attached hydrogens (tertiary/aromatic N) is 1. The van der Waals surface area contributed by atoms with Gasteiger partial charge in [-0.2, -0.15) is 0 Å². The van der Waals surface area contributed by atoms with Gasteiger partial charge in [-0.25, -0.2) is 0 Å². The Bertz CT molecular complexity index is 1120. The molecule has 148 valence electrons. The van der Waals surface area contributed by atoms with Gasteiger partial charge in [-0.3, -0.25) is 9.59 Å². The summed E-state index contributed by atoms with van der Waals surface area (Å²) in [5, 5.41) is 0.907. The largest absolute Gasteiger partial charge is 0.496 e. The molecule has 0 saturated heterocycles. The van der Waals surface area contributed by atoms with E-state index in [0.717, 1.165) is 47.9 Å².